The quantitative estimate of drug-likeness (QED) is 0.847. The minimum absolute atomic E-state index is 0.203. The number of rotatable bonds is 5. The normalized spacial score (nSPS) is 13.2. The van der Waals surface area contributed by atoms with Crippen LogP contribution in [-0.2, 0) is 9.53 Å². The van der Waals surface area contributed by atoms with E-state index in [0.717, 1.165) is 11.1 Å². The van der Waals surface area contributed by atoms with Gasteiger partial charge in [-0.15, -0.1) is 0 Å². The Morgan fingerprint density at radius 3 is 2.60 bits per heavy atom. The number of benzene rings is 2. The molecule has 0 bridgehead atoms. The average Bonchev–Trinajstić information content (AvgIpc) is 3.08. The summed E-state index contributed by atoms with van der Waals surface area (Å²) in [5.74, 6) is 0.454. The maximum Gasteiger partial charge on any atom is 0.338 e. The Morgan fingerprint density at radius 1 is 1.12 bits per heavy atom. The number of hydrogen-bond donors (Lipinski definition) is 1. The predicted octanol–water partition coefficient (Wildman–Crippen LogP) is 2.76. The zero-order valence-corrected chi connectivity index (χ0v) is 14.1. The van der Waals surface area contributed by atoms with Crippen molar-refractivity contribution in [2.24, 2.45) is 0 Å². The maximum atomic E-state index is 12.0. The van der Waals surface area contributed by atoms with Gasteiger partial charge in [-0.1, -0.05) is 23.8 Å². The van der Waals surface area contributed by atoms with Crippen LogP contribution in [0, 0.1) is 6.92 Å². The molecule has 3 rings (SSSR count). The number of nitrogens with one attached hydrogen (secondary N) is 1. The molecule has 1 aliphatic rings. The van der Waals surface area contributed by atoms with Crippen molar-refractivity contribution >= 4 is 11.9 Å². The minimum atomic E-state index is -0.522. The van der Waals surface area contributed by atoms with Gasteiger partial charge < -0.3 is 19.5 Å². The van der Waals surface area contributed by atoms with E-state index in [-0.39, 0.29) is 25.3 Å². The third-order valence-electron chi connectivity index (χ3n) is 3.90. The van der Waals surface area contributed by atoms with Crippen LogP contribution >= 0.6 is 0 Å². The van der Waals surface area contributed by atoms with Gasteiger partial charge >= 0.3 is 5.97 Å². The van der Waals surface area contributed by atoms with Gasteiger partial charge in [-0.05, 0) is 43.7 Å². The van der Waals surface area contributed by atoms with Gasteiger partial charge in [0.15, 0.2) is 18.1 Å². The summed E-state index contributed by atoms with van der Waals surface area (Å²) in [6, 6.07) is 12.2. The Labute approximate surface area is 145 Å². The van der Waals surface area contributed by atoms with Crippen LogP contribution in [0.2, 0.25) is 0 Å². The fourth-order valence-corrected chi connectivity index (χ4v) is 2.45. The first kappa shape index (κ1) is 16.8. The zero-order valence-electron chi connectivity index (χ0n) is 14.1. The first-order valence-electron chi connectivity index (χ1n) is 7.95. The summed E-state index contributed by atoms with van der Waals surface area (Å²) >= 11 is 0. The summed E-state index contributed by atoms with van der Waals surface area (Å²) < 4.78 is 15.6. The third-order valence-corrected chi connectivity index (χ3v) is 3.90. The molecule has 1 N–H and O–H groups in total. The molecule has 0 aromatic heterocycles. The number of aryl methyl sites for hydroxylation is 1. The second-order valence-electron chi connectivity index (χ2n) is 5.84. The lowest BCUT2D eigenvalue weighted by atomic mass is 10.1. The van der Waals surface area contributed by atoms with Crippen molar-refractivity contribution in [1.82, 2.24) is 5.32 Å². The molecule has 1 atom stereocenters. The van der Waals surface area contributed by atoms with Crippen LogP contribution < -0.4 is 14.8 Å². The van der Waals surface area contributed by atoms with E-state index < -0.39 is 5.97 Å². The SMILES string of the molecule is Cc1ccc(C(=O)OCC(=O)N[C@@H](C)c2ccc3c(c2)OCO3)cc1. The van der Waals surface area contributed by atoms with E-state index in [4.69, 9.17) is 14.2 Å². The van der Waals surface area contributed by atoms with E-state index in [1.165, 1.54) is 0 Å². The highest BCUT2D eigenvalue weighted by Gasteiger charge is 2.17. The van der Waals surface area contributed by atoms with Crippen LogP contribution in [0.4, 0.5) is 0 Å². The van der Waals surface area contributed by atoms with E-state index in [1.54, 1.807) is 18.2 Å². The molecule has 25 heavy (non-hydrogen) atoms. The highest BCUT2D eigenvalue weighted by Crippen LogP contribution is 2.34. The minimum Gasteiger partial charge on any atom is -0.454 e. The van der Waals surface area contributed by atoms with Crippen molar-refractivity contribution in [3.05, 3.63) is 59.2 Å². The topological polar surface area (TPSA) is 73.9 Å². The Hall–Kier alpha value is -3.02. The smallest absolute Gasteiger partial charge is 0.338 e. The summed E-state index contributed by atoms with van der Waals surface area (Å²) in [5, 5.41) is 2.79. The second kappa shape index (κ2) is 7.25. The highest BCUT2D eigenvalue weighted by atomic mass is 16.7. The molecule has 0 spiro atoms. The number of hydrogen-bond acceptors (Lipinski definition) is 5. The predicted molar refractivity (Wildman–Crippen MR) is 90.6 cm³/mol. The molecule has 130 valence electrons. The number of carbonyl (C=O) groups is 2. The van der Waals surface area contributed by atoms with Gasteiger partial charge in [0.2, 0.25) is 6.79 Å². The van der Waals surface area contributed by atoms with Crippen molar-refractivity contribution in [2.75, 3.05) is 13.4 Å². The number of ether oxygens (including phenoxy) is 3. The van der Waals surface area contributed by atoms with Gasteiger partial charge in [0.25, 0.3) is 5.91 Å². The van der Waals surface area contributed by atoms with Crippen LogP contribution in [0.15, 0.2) is 42.5 Å². The standard InChI is InChI=1S/C19H19NO5/c1-12-3-5-14(6-4-12)19(22)23-10-18(21)20-13(2)15-7-8-16-17(9-15)25-11-24-16/h3-9,13H,10-11H2,1-2H3,(H,20,21)/t13-/m0/s1. The number of carbonyl (C=O) groups excluding carboxylic acids is 2. The molecular formula is C19H19NO5. The summed E-state index contributed by atoms with van der Waals surface area (Å²) in [4.78, 5) is 23.9. The van der Waals surface area contributed by atoms with E-state index in [0.29, 0.717) is 17.1 Å². The van der Waals surface area contributed by atoms with E-state index in [9.17, 15) is 9.59 Å². The fraction of sp³-hybridized carbons (Fsp3) is 0.263. The molecule has 2 aromatic rings. The molecule has 0 radical (unpaired) electrons. The fourth-order valence-electron chi connectivity index (χ4n) is 2.45. The summed E-state index contributed by atoms with van der Waals surface area (Å²) in [7, 11) is 0. The molecule has 0 fully saturated rings. The molecule has 1 heterocycles. The molecule has 1 amide bonds. The van der Waals surface area contributed by atoms with Crippen molar-refractivity contribution in [2.45, 2.75) is 19.9 Å². The highest BCUT2D eigenvalue weighted by molar-refractivity contribution is 5.91. The van der Waals surface area contributed by atoms with Gasteiger partial charge in [-0.25, -0.2) is 4.79 Å². The number of esters is 1. The van der Waals surface area contributed by atoms with Gasteiger partial charge in [-0.3, -0.25) is 4.79 Å². The van der Waals surface area contributed by atoms with Crippen LogP contribution in [0.3, 0.4) is 0 Å². The maximum absolute atomic E-state index is 12.0. The molecule has 0 unspecified atom stereocenters. The van der Waals surface area contributed by atoms with Crippen molar-refractivity contribution in [3.63, 3.8) is 0 Å². The lowest BCUT2D eigenvalue weighted by Gasteiger charge is -2.15. The van der Waals surface area contributed by atoms with Gasteiger partial charge in [0.05, 0.1) is 11.6 Å². The zero-order chi connectivity index (χ0) is 17.8. The molecule has 6 heteroatoms. The van der Waals surface area contributed by atoms with Crippen molar-refractivity contribution in [1.29, 1.82) is 0 Å². The molecule has 2 aromatic carbocycles. The Morgan fingerprint density at radius 2 is 1.84 bits per heavy atom. The van der Waals surface area contributed by atoms with Gasteiger partial charge in [-0.2, -0.15) is 0 Å². The lowest BCUT2D eigenvalue weighted by molar-refractivity contribution is -0.124. The first-order valence-corrected chi connectivity index (χ1v) is 7.95. The number of fused-ring (bicyclic) bond motifs is 1. The Kier molecular flexibility index (Phi) is 4.88. The van der Waals surface area contributed by atoms with Crippen LogP contribution in [0.25, 0.3) is 0 Å². The molecule has 0 aliphatic carbocycles. The number of amides is 1. The monoisotopic (exact) mass is 341 g/mol. The van der Waals surface area contributed by atoms with Crippen molar-refractivity contribution in [3.8, 4) is 11.5 Å². The first-order chi connectivity index (χ1) is 12.0. The van der Waals surface area contributed by atoms with Crippen LogP contribution in [0.5, 0.6) is 11.5 Å². The van der Waals surface area contributed by atoms with E-state index in [1.807, 2.05) is 38.1 Å². The van der Waals surface area contributed by atoms with Crippen molar-refractivity contribution < 1.29 is 23.8 Å². The molecular weight excluding hydrogens is 322 g/mol. The Balaban J connectivity index is 1.52. The third kappa shape index (κ3) is 4.09. The molecule has 1 aliphatic heterocycles. The van der Waals surface area contributed by atoms with E-state index >= 15 is 0 Å². The summed E-state index contributed by atoms with van der Waals surface area (Å²) in [6.07, 6.45) is 0. The molecule has 6 nitrogen and oxygen atoms in total. The van der Waals surface area contributed by atoms with Crippen LogP contribution in [0.1, 0.15) is 34.5 Å². The average molecular weight is 341 g/mol. The lowest BCUT2D eigenvalue weighted by Crippen LogP contribution is -2.31. The molecule has 0 saturated heterocycles. The van der Waals surface area contributed by atoms with Gasteiger partial charge in [0.1, 0.15) is 0 Å². The summed E-state index contributed by atoms with van der Waals surface area (Å²) in [5.41, 5.74) is 2.34. The second-order valence-corrected chi connectivity index (χ2v) is 5.84. The van der Waals surface area contributed by atoms with Gasteiger partial charge in [0, 0.05) is 0 Å². The summed E-state index contributed by atoms with van der Waals surface area (Å²) in [6.45, 7) is 3.65. The largest absolute Gasteiger partial charge is 0.454 e. The van der Waals surface area contributed by atoms with Crippen LogP contribution in [-0.4, -0.2) is 25.3 Å². The molecule has 0 saturated carbocycles. The Bertz CT molecular complexity index is 785. The van der Waals surface area contributed by atoms with E-state index in [2.05, 4.69) is 5.32 Å².